The predicted octanol–water partition coefficient (Wildman–Crippen LogP) is 2.01. The molecule has 0 saturated carbocycles. The second-order valence-corrected chi connectivity index (χ2v) is 3.33. The minimum atomic E-state index is 0.138. The third kappa shape index (κ3) is 5.22. The summed E-state index contributed by atoms with van der Waals surface area (Å²) in [5.41, 5.74) is 2.16. The van der Waals surface area contributed by atoms with Crippen molar-refractivity contribution in [2.45, 2.75) is 13.3 Å². The Morgan fingerprint density at radius 2 is 1.88 bits per heavy atom. The lowest BCUT2D eigenvalue weighted by Gasteiger charge is -1.91. The van der Waals surface area contributed by atoms with Gasteiger partial charge in [0.25, 0.3) is 0 Å². The maximum atomic E-state index is 8.45. The van der Waals surface area contributed by atoms with Crippen molar-refractivity contribution in [2.75, 3.05) is 6.61 Å². The predicted molar refractivity (Wildman–Crippen MR) is 64.0 cm³/mol. The standard InChI is InChI=1S/C7H8.C6H8N2O/c1-7-5-3-2-4-6-7;9-4-1-6-5-7-2-3-8-6/h2-6H,1H3;2-3,5,9H,1,4H2. The molecule has 1 aromatic carbocycles. The van der Waals surface area contributed by atoms with Crippen LogP contribution in [0.2, 0.25) is 0 Å². The highest BCUT2D eigenvalue weighted by Crippen LogP contribution is 1.92. The molecule has 0 bridgehead atoms. The zero-order chi connectivity index (χ0) is 11.6. The second-order valence-electron chi connectivity index (χ2n) is 3.33. The molecule has 0 aliphatic carbocycles. The van der Waals surface area contributed by atoms with Crippen LogP contribution < -0.4 is 0 Å². The van der Waals surface area contributed by atoms with E-state index in [4.69, 9.17) is 5.11 Å². The number of nitrogens with zero attached hydrogens (tertiary/aromatic N) is 2. The van der Waals surface area contributed by atoms with Crippen LogP contribution in [0.5, 0.6) is 0 Å². The molecule has 3 nitrogen and oxygen atoms in total. The van der Waals surface area contributed by atoms with Gasteiger partial charge in [-0.2, -0.15) is 0 Å². The first-order valence-electron chi connectivity index (χ1n) is 5.20. The van der Waals surface area contributed by atoms with E-state index in [0.717, 1.165) is 5.69 Å². The van der Waals surface area contributed by atoms with Crippen molar-refractivity contribution in [3.05, 3.63) is 60.2 Å². The number of benzene rings is 1. The van der Waals surface area contributed by atoms with E-state index >= 15 is 0 Å². The van der Waals surface area contributed by atoms with Crippen LogP contribution >= 0.6 is 0 Å². The van der Waals surface area contributed by atoms with Gasteiger partial charge >= 0.3 is 0 Å². The number of hydrogen-bond acceptors (Lipinski definition) is 3. The summed E-state index contributed by atoms with van der Waals surface area (Å²) in [7, 11) is 0. The Labute approximate surface area is 95.8 Å². The third-order valence-corrected chi connectivity index (χ3v) is 1.93. The Kier molecular flexibility index (Phi) is 5.81. The zero-order valence-corrected chi connectivity index (χ0v) is 9.37. The van der Waals surface area contributed by atoms with Gasteiger partial charge in [0.1, 0.15) is 0 Å². The van der Waals surface area contributed by atoms with E-state index in [-0.39, 0.29) is 6.61 Å². The number of hydrogen-bond donors (Lipinski definition) is 1. The molecule has 0 aliphatic rings. The van der Waals surface area contributed by atoms with E-state index in [9.17, 15) is 0 Å². The van der Waals surface area contributed by atoms with E-state index in [1.165, 1.54) is 5.56 Å². The van der Waals surface area contributed by atoms with Crippen molar-refractivity contribution < 1.29 is 5.11 Å². The van der Waals surface area contributed by atoms with Crippen LogP contribution in [-0.4, -0.2) is 21.7 Å². The molecule has 1 aromatic heterocycles. The summed E-state index contributed by atoms with van der Waals surface area (Å²) in [6.45, 7) is 2.22. The highest BCUT2D eigenvalue weighted by atomic mass is 16.3. The maximum Gasteiger partial charge on any atom is 0.0609 e. The van der Waals surface area contributed by atoms with Gasteiger partial charge in [0.05, 0.1) is 5.69 Å². The van der Waals surface area contributed by atoms with Crippen molar-refractivity contribution in [2.24, 2.45) is 0 Å². The van der Waals surface area contributed by atoms with Crippen LogP contribution in [0, 0.1) is 6.92 Å². The molecule has 0 radical (unpaired) electrons. The van der Waals surface area contributed by atoms with Crippen LogP contribution in [0.4, 0.5) is 0 Å². The fourth-order valence-electron chi connectivity index (χ4n) is 1.11. The summed E-state index contributed by atoms with van der Waals surface area (Å²) < 4.78 is 0. The second kappa shape index (κ2) is 7.54. The van der Waals surface area contributed by atoms with Gasteiger partial charge < -0.3 is 5.11 Å². The number of aliphatic hydroxyl groups is 1. The van der Waals surface area contributed by atoms with E-state index < -0.39 is 0 Å². The molecule has 0 unspecified atom stereocenters. The number of aryl methyl sites for hydroxylation is 1. The molecule has 0 atom stereocenters. The first kappa shape index (κ1) is 12.3. The molecule has 2 aromatic rings. The Balaban J connectivity index is 0.000000165. The summed E-state index contributed by atoms with van der Waals surface area (Å²) in [6, 6.07) is 10.3. The lowest BCUT2D eigenvalue weighted by atomic mass is 10.2. The van der Waals surface area contributed by atoms with Crippen LogP contribution in [-0.2, 0) is 6.42 Å². The molecule has 1 N–H and O–H groups in total. The first-order chi connectivity index (χ1) is 7.83. The first-order valence-corrected chi connectivity index (χ1v) is 5.20. The third-order valence-electron chi connectivity index (χ3n) is 1.93. The van der Waals surface area contributed by atoms with Crippen molar-refractivity contribution in [1.29, 1.82) is 0 Å². The highest BCUT2D eigenvalue weighted by Gasteiger charge is 1.88. The molecule has 84 valence electrons. The fraction of sp³-hybridized carbons (Fsp3) is 0.231. The summed E-state index contributed by atoms with van der Waals surface area (Å²) in [5.74, 6) is 0. The molecule has 16 heavy (non-hydrogen) atoms. The van der Waals surface area contributed by atoms with Crippen molar-refractivity contribution in [3.8, 4) is 0 Å². The van der Waals surface area contributed by atoms with Gasteiger partial charge in [0.15, 0.2) is 0 Å². The maximum absolute atomic E-state index is 8.45. The summed E-state index contributed by atoms with van der Waals surface area (Å²) in [4.78, 5) is 7.78. The lowest BCUT2D eigenvalue weighted by Crippen LogP contribution is -1.93. The van der Waals surface area contributed by atoms with Gasteiger partial charge in [-0.3, -0.25) is 9.97 Å². The molecule has 3 heteroatoms. The van der Waals surface area contributed by atoms with Crippen molar-refractivity contribution >= 4 is 0 Å². The molecule has 0 amide bonds. The van der Waals surface area contributed by atoms with Crippen molar-refractivity contribution in [3.63, 3.8) is 0 Å². The topological polar surface area (TPSA) is 46.0 Å². The number of aromatic nitrogens is 2. The zero-order valence-electron chi connectivity index (χ0n) is 9.37. The van der Waals surface area contributed by atoms with Crippen LogP contribution in [0.15, 0.2) is 48.9 Å². The van der Waals surface area contributed by atoms with E-state index in [0.29, 0.717) is 6.42 Å². The van der Waals surface area contributed by atoms with Gasteiger partial charge in [-0.1, -0.05) is 35.9 Å². The molecule has 0 saturated heterocycles. The minimum absolute atomic E-state index is 0.138. The normalized spacial score (nSPS) is 9.12. The van der Waals surface area contributed by atoms with Gasteiger partial charge in [-0.25, -0.2) is 0 Å². The average Bonchev–Trinajstić information content (AvgIpc) is 2.33. The Bertz CT molecular complexity index is 376. The lowest BCUT2D eigenvalue weighted by molar-refractivity contribution is 0.298. The molecular formula is C13H16N2O. The molecule has 2 rings (SSSR count). The molecular weight excluding hydrogens is 200 g/mol. The molecule has 0 aliphatic heterocycles. The minimum Gasteiger partial charge on any atom is -0.396 e. The largest absolute Gasteiger partial charge is 0.396 e. The molecule has 0 spiro atoms. The number of aliphatic hydroxyl groups excluding tert-OH is 1. The van der Waals surface area contributed by atoms with Gasteiger partial charge in [0, 0.05) is 31.6 Å². The van der Waals surface area contributed by atoms with Crippen LogP contribution in [0.3, 0.4) is 0 Å². The van der Waals surface area contributed by atoms with Crippen LogP contribution in [0.1, 0.15) is 11.3 Å². The van der Waals surface area contributed by atoms with Gasteiger partial charge in [-0.05, 0) is 6.92 Å². The van der Waals surface area contributed by atoms with Crippen LogP contribution in [0.25, 0.3) is 0 Å². The Morgan fingerprint density at radius 1 is 1.12 bits per heavy atom. The summed E-state index contributed by atoms with van der Waals surface area (Å²) >= 11 is 0. The van der Waals surface area contributed by atoms with E-state index in [2.05, 4.69) is 29.0 Å². The summed E-state index contributed by atoms with van der Waals surface area (Å²) in [6.07, 6.45) is 5.47. The smallest absolute Gasteiger partial charge is 0.0609 e. The van der Waals surface area contributed by atoms with Crippen molar-refractivity contribution in [1.82, 2.24) is 9.97 Å². The van der Waals surface area contributed by atoms with E-state index in [1.54, 1.807) is 18.6 Å². The monoisotopic (exact) mass is 216 g/mol. The average molecular weight is 216 g/mol. The Morgan fingerprint density at radius 3 is 2.31 bits per heavy atom. The van der Waals surface area contributed by atoms with Gasteiger partial charge in [-0.15, -0.1) is 0 Å². The molecule has 1 heterocycles. The SMILES string of the molecule is Cc1ccccc1.OCCc1cnccn1. The fourth-order valence-corrected chi connectivity index (χ4v) is 1.11. The quantitative estimate of drug-likeness (QED) is 0.835. The van der Waals surface area contributed by atoms with E-state index in [1.807, 2.05) is 18.2 Å². The highest BCUT2D eigenvalue weighted by molar-refractivity contribution is 5.11. The van der Waals surface area contributed by atoms with Gasteiger partial charge in [0.2, 0.25) is 0 Å². The summed E-state index contributed by atoms with van der Waals surface area (Å²) in [5, 5.41) is 8.45. The molecule has 0 fully saturated rings. The number of rotatable bonds is 2. The Hall–Kier alpha value is -1.74.